The molecule has 3 heterocycles. The molecule has 5 nitrogen and oxygen atoms in total. The van der Waals surface area contributed by atoms with Gasteiger partial charge in [0.25, 0.3) is 0 Å². The third-order valence-corrected chi connectivity index (χ3v) is 3.49. The summed E-state index contributed by atoms with van der Waals surface area (Å²) in [6.07, 6.45) is 3.80. The van der Waals surface area contributed by atoms with Gasteiger partial charge in [0.2, 0.25) is 0 Å². The molecule has 2 aromatic heterocycles. The number of imidazole rings is 1. The third kappa shape index (κ3) is 2.11. The largest absolute Gasteiger partial charge is 0.495 e. The second-order valence-electron chi connectivity index (χ2n) is 4.06. The summed E-state index contributed by atoms with van der Waals surface area (Å²) in [5.41, 5.74) is 1.72. The molecule has 1 unspecified atom stereocenters. The quantitative estimate of drug-likeness (QED) is 0.852. The van der Waals surface area contributed by atoms with Crippen LogP contribution < -0.4 is 4.74 Å². The van der Waals surface area contributed by atoms with Gasteiger partial charge in [0, 0.05) is 18.5 Å². The van der Waals surface area contributed by atoms with Crippen LogP contribution in [-0.4, -0.2) is 36.3 Å². The minimum absolute atomic E-state index is 0.0802. The molecule has 6 heteroatoms. The van der Waals surface area contributed by atoms with Crippen molar-refractivity contribution in [1.29, 1.82) is 0 Å². The summed E-state index contributed by atoms with van der Waals surface area (Å²) >= 11 is 3.45. The van der Waals surface area contributed by atoms with Gasteiger partial charge in [-0.2, -0.15) is 0 Å². The second kappa shape index (κ2) is 4.87. The third-order valence-electron chi connectivity index (χ3n) is 2.89. The predicted octanol–water partition coefficient (Wildman–Crippen LogP) is 2.19. The first-order valence-electron chi connectivity index (χ1n) is 5.69. The lowest BCUT2D eigenvalue weighted by molar-refractivity contribution is -0.0916. The molecule has 0 saturated carbocycles. The normalized spacial score (nSPS) is 20.2. The summed E-state index contributed by atoms with van der Waals surface area (Å²) in [5.74, 6) is 0.764. The Bertz CT molecular complexity index is 564. The first kappa shape index (κ1) is 12.0. The van der Waals surface area contributed by atoms with Gasteiger partial charge in [-0.15, -0.1) is 0 Å². The smallest absolute Gasteiger partial charge is 0.140 e. The highest BCUT2D eigenvalue weighted by Gasteiger charge is 2.20. The fourth-order valence-corrected chi connectivity index (χ4v) is 2.48. The Balaban J connectivity index is 1.99. The highest BCUT2D eigenvalue weighted by Crippen LogP contribution is 2.27. The van der Waals surface area contributed by atoms with Crippen molar-refractivity contribution in [3.63, 3.8) is 0 Å². The number of rotatable bonds is 2. The van der Waals surface area contributed by atoms with Gasteiger partial charge in [-0.25, -0.2) is 4.98 Å². The van der Waals surface area contributed by atoms with Crippen LogP contribution in [0, 0.1) is 0 Å². The monoisotopic (exact) mass is 312 g/mol. The maximum Gasteiger partial charge on any atom is 0.140 e. The van der Waals surface area contributed by atoms with E-state index in [1.165, 1.54) is 0 Å². The number of fused-ring (bicyclic) bond motifs is 1. The molecule has 0 aliphatic carbocycles. The first-order chi connectivity index (χ1) is 8.78. The number of ether oxygens (including phenoxy) is 3. The number of pyridine rings is 1. The van der Waals surface area contributed by atoms with Crippen LogP contribution in [0.5, 0.6) is 5.75 Å². The first-order valence-corrected chi connectivity index (χ1v) is 6.48. The maximum atomic E-state index is 5.64. The van der Waals surface area contributed by atoms with E-state index in [4.69, 9.17) is 14.2 Å². The average molecular weight is 313 g/mol. The Morgan fingerprint density at radius 1 is 1.44 bits per heavy atom. The topological polar surface area (TPSA) is 45.0 Å². The van der Waals surface area contributed by atoms with E-state index in [0.29, 0.717) is 19.8 Å². The molecular weight excluding hydrogens is 300 g/mol. The Morgan fingerprint density at radius 2 is 2.33 bits per heavy atom. The zero-order chi connectivity index (χ0) is 12.5. The molecule has 0 radical (unpaired) electrons. The second-order valence-corrected chi connectivity index (χ2v) is 4.91. The summed E-state index contributed by atoms with van der Waals surface area (Å²) < 4.78 is 19.1. The molecular formula is C12H13BrN2O3. The molecule has 1 aliphatic heterocycles. The van der Waals surface area contributed by atoms with Crippen LogP contribution in [0.3, 0.4) is 0 Å². The molecule has 1 atom stereocenters. The van der Waals surface area contributed by atoms with Crippen LogP contribution in [0.2, 0.25) is 0 Å². The van der Waals surface area contributed by atoms with Gasteiger partial charge in [-0.05, 0) is 15.9 Å². The summed E-state index contributed by atoms with van der Waals surface area (Å²) in [6, 6.07) is 1.89. The molecule has 0 amide bonds. The van der Waals surface area contributed by atoms with Crippen molar-refractivity contribution in [2.45, 2.75) is 6.10 Å². The molecule has 1 aliphatic rings. The molecule has 2 aromatic rings. The van der Waals surface area contributed by atoms with Crippen LogP contribution in [0.15, 0.2) is 22.9 Å². The minimum atomic E-state index is -0.0802. The van der Waals surface area contributed by atoms with Crippen LogP contribution in [0.1, 0.15) is 11.8 Å². The van der Waals surface area contributed by atoms with E-state index in [0.717, 1.165) is 21.6 Å². The van der Waals surface area contributed by atoms with Crippen molar-refractivity contribution in [3.05, 3.63) is 28.6 Å². The zero-order valence-corrected chi connectivity index (χ0v) is 11.5. The number of hydrogen-bond acceptors (Lipinski definition) is 4. The summed E-state index contributed by atoms with van der Waals surface area (Å²) in [6.45, 7) is 1.83. The van der Waals surface area contributed by atoms with Crippen LogP contribution in [0.4, 0.5) is 0 Å². The van der Waals surface area contributed by atoms with Gasteiger partial charge < -0.3 is 18.6 Å². The lowest BCUT2D eigenvalue weighted by Crippen LogP contribution is -2.22. The van der Waals surface area contributed by atoms with Gasteiger partial charge in [0.15, 0.2) is 0 Å². The number of aromatic nitrogens is 2. The summed E-state index contributed by atoms with van der Waals surface area (Å²) in [5, 5.41) is 0. The van der Waals surface area contributed by atoms with Crippen molar-refractivity contribution < 1.29 is 14.2 Å². The highest BCUT2D eigenvalue weighted by molar-refractivity contribution is 9.10. The Morgan fingerprint density at radius 3 is 3.06 bits per heavy atom. The number of halogens is 1. The predicted molar refractivity (Wildman–Crippen MR) is 69.0 cm³/mol. The van der Waals surface area contributed by atoms with E-state index < -0.39 is 0 Å². The lowest BCUT2D eigenvalue weighted by Gasteiger charge is -2.20. The van der Waals surface area contributed by atoms with Gasteiger partial charge >= 0.3 is 0 Å². The van der Waals surface area contributed by atoms with E-state index in [1.807, 2.05) is 22.9 Å². The molecule has 96 valence electrons. The van der Waals surface area contributed by atoms with Crippen LogP contribution in [0.25, 0.3) is 5.65 Å². The molecule has 3 rings (SSSR count). The molecule has 1 saturated heterocycles. The number of methoxy groups -OCH3 is 1. The van der Waals surface area contributed by atoms with Gasteiger partial charge in [0.1, 0.15) is 17.5 Å². The SMILES string of the molecule is COc1cc2nc(C3COCCO3)cn2cc1Br. The van der Waals surface area contributed by atoms with E-state index in [1.54, 1.807) is 7.11 Å². The van der Waals surface area contributed by atoms with Gasteiger partial charge in [0.05, 0.1) is 37.1 Å². The van der Waals surface area contributed by atoms with Crippen molar-refractivity contribution in [1.82, 2.24) is 9.38 Å². The number of hydrogen-bond donors (Lipinski definition) is 0. The average Bonchev–Trinajstić information content (AvgIpc) is 2.81. The van der Waals surface area contributed by atoms with Crippen molar-refractivity contribution >= 4 is 21.6 Å². The zero-order valence-electron chi connectivity index (χ0n) is 9.93. The fourth-order valence-electron chi connectivity index (χ4n) is 1.98. The van der Waals surface area contributed by atoms with Gasteiger partial charge in [-0.1, -0.05) is 0 Å². The Labute approximate surface area is 113 Å². The lowest BCUT2D eigenvalue weighted by atomic mass is 10.3. The standard InChI is InChI=1S/C12H13BrN2O3/c1-16-10-4-12-14-9(6-15(12)5-8(10)13)11-7-17-2-3-18-11/h4-6,11H,2-3,7H2,1H3. The molecule has 0 aromatic carbocycles. The minimum Gasteiger partial charge on any atom is -0.495 e. The van der Waals surface area contributed by atoms with E-state index >= 15 is 0 Å². The molecule has 0 N–H and O–H groups in total. The Hall–Kier alpha value is -1.11. The van der Waals surface area contributed by atoms with Crippen molar-refractivity contribution in [2.24, 2.45) is 0 Å². The van der Waals surface area contributed by atoms with E-state index in [9.17, 15) is 0 Å². The summed E-state index contributed by atoms with van der Waals surface area (Å²) in [7, 11) is 1.64. The maximum absolute atomic E-state index is 5.64. The highest BCUT2D eigenvalue weighted by atomic mass is 79.9. The van der Waals surface area contributed by atoms with E-state index in [-0.39, 0.29) is 6.10 Å². The summed E-state index contributed by atoms with van der Waals surface area (Å²) in [4.78, 5) is 4.54. The fraction of sp³-hybridized carbons (Fsp3) is 0.417. The van der Waals surface area contributed by atoms with Crippen molar-refractivity contribution in [2.75, 3.05) is 26.9 Å². The van der Waals surface area contributed by atoms with Crippen molar-refractivity contribution in [3.8, 4) is 5.75 Å². The molecule has 18 heavy (non-hydrogen) atoms. The van der Waals surface area contributed by atoms with Crippen LogP contribution in [-0.2, 0) is 9.47 Å². The molecule has 1 fully saturated rings. The molecule has 0 bridgehead atoms. The Kier molecular flexibility index (Phi) is 3.23. The van der Waals surface area contributed by atoms with E-state index in [2.05, 4.69) is 20.9 Å². The van der Waals surface area contributed by atoms with Crippen LogP contribution >= 0.6 is 15.9 Å². The number of nitrogens with zero attached hydrogens (tertiary/aromatic N) is 2. The van der Waals surface area contributed by atoms with Gasteiger partial charge in [-0.3, -0.25) is 0 Å². The molecule has 0 spiro atoms.